The standard InChI is InChI=1S/C24H32N4O5S/c1-16(26-27-34(6,31)32)24(23(2,3)4)12-7-8-17(15-24)19-14-18(9-10-20(19)33-5)28-13-11-21(29)25-22(28)30/h7-10,12,14,27H,11,13,15H2,1-6H3,(H,25,29,30). The van der Waals surface area contributed by atoms with Crippen LogP contribution in [-0.4, -0.2) is 46.0 Å². The van der Waals surface area contributed by atoms with E-state index in [1.807, 2.05) is 25.1 Å². The number of anilines is 1. The van der Waals surface area contributed by atoms with Crippen molar-refractivity contribution in [3.8, 4) is 5.75 Å². The van der Waals surface area contributed by atoms with E-state index in [4.69, 9.17) is 4.74 Å². The third kappa shape index (κ3) is 5.16. The Hall–Kier alpha value is -3.14. The molecule has 34 heavy (non-hydrogen) atoms. The third-order valence-electron chi connectivity index (χ3n) is 6.41. The van der Waals surface area contributed by atoms with Crippen molar-refractivity contribution >= 4 is 38.9 Å². The van der Waals surface area contributed by atoms with Gasteiger partial charge in [-0.25, -0.2) is 18.0 Å². The molecule has 0 spiro atoms. The van der Waals surface area contributed by atoms with Crippen molar-refractivity contribution in [2.45, 2.75) is 40.5 Å². The second kappa shape index (κ2) is 9.25. The van der Waals surface area contributed by atoms with Crippen LogP contribution in [0.3, 0.4) is 0 Å². The first-order valence-electron chi connectivity index (χ1n) is 11.0. The number of carbonyl (C=O) groups excluding carboxylic acids is 2. The molecule has 9 nitrogen and oxygen atoms in total. The zero-order valence-electron chi connectivity index (χ0n) is 20.4. The molecule has 2 N–H and O–H groups in total. The Morgan fingerprint density at radius 1 is 1.26 bits per heavy atom. The number of nitrogens with zero attached hydrogens (tertiary/aromatic N) is 2. The van der Waals surface area contributed by atoms with E-state index < -0.39 is 21.5 Å². The molecule has 0 saturated carbocycles. The number of sulfonamides is 1. The number of ether oxygens (including phenoxy) is 1. The quantitative estimate of drug-likeness (QED) is 0.470. The number of hydrogen-bond acceptors (Lipinski definition) is 6. The maximum absolute atomic E-state index is 12.4. The molecule has 1 aliphatic heterocycles. The van der Waals surface area contributed by atoms with Gasteiger partial charge in [0.1, 0.15) is 5.75 Å². The van der Waals surface area contributed by atoms with Gasteiger partial charge in [-0.05, 0) is 42.5 Å². The van der Waals surface area contributed by atoms with Gasteiger partial charge in [0.15, 0.2) is 0 Å². The van der Waals surface area contributed by atoms with Crippen molar-refractivity contribution in [2.24, 2.45) is 15.9 Å². The van der Waals surface area contributed by atoms with Gasteiger partial charge in [-0.15, -0.1) is 0 Å². The van der Waals surface area contributed by atoms with Crippen LogP contribution in [0.4, 0.5) is 10.5 Å². The normalized spacial score (nSPS) is 21.8. The number of imide groups is 1. The van der Waals surface area contributed by atoms with Crippen LogP contribution in [0.1, 0.15) is 46.1 Å². The number of carbonyl (C=O) groups is 2. The Balaban J connectivity index is 2.04. The summed E-state index contributed by atoms with van der Waals surface area (Å²) in [6, 6.07) is 5.02. The van der Waals surface area contributed by atoms with Crippen LogP contribution in [0.2, 0.25) is 0 Å². The summed E-state index contributed by atoms with van der Waals surface area (Å²) >= 11 is 0. The Morgan fingerprint density at radius 2 is 1.97 bits per heavy atom. The third-order valence-corrected chi connectivity index (χ3v) is 6.83. The van der Waals surface area contributed by atoms with Crippen molar-refractivity contribution in [1.82, 2.24) is 10.1 Å². The zero-order valence-corrected chi connectivity index (χ0v) is 21.2. The zero-order chi connectivity index (χ0) is 25.3. The molecule has 3 rings (SSSR count). The van der Waals surface area contributed by atoms with Crippen LogP contribution in [0.25, 0.3) is 5.57 Å². The lowest BCUT2D eigenvalue weighted by Gasteiger charge is -2.45. The Labute approximate surface area is 201 Å². The molecule has 0 aromatic heterocycles. The van der Waals surface area contributed by atoms with E-state index in [0.717, 1.165) is 17.4 Å². The molecule has 1 aliphatic carbocycles. The molecule has 1 unspecified atom stereocenters. The first kappa shape index (κ1) is 25.5. The van der Waals surface area contributed by atoms with Crippen LogP contribution in [0.15, 0.2) is 41.5 Å². The van der Waals surface area contributed by atoms with Crippen LogP contribution in [-0.2, 0) is 14.8 Å². The van der Waals surface area contributed by atoms with Gasteiger partial charge >= 0.3 is 6.03 Å². The predicted octanol–water partition coefficient (Wildman–Crippen LogP) is 3.44. The van der Waals surface area contributed by atoms with Crippen LogP contribution in [0.5, 0.6) is 5.75 Å². The Morgan fingerprint density at radius 3 is 2.56 bits per heavy atom. The number of amides is 3. The molecule has 1 aromatic rings. The lowest BCUT2D eigenvalue weighted by Crippen LogP contribution is -2.49. The highest BCUT2D eigenvalue weighted by atomic mass is 32.2. The summed E-state index contributed by atoms with van der Waals surface area (Å²) < 4.78 is 28.9. The summed E-state index contributed by atoms with van der Waals surface area (Å²) in [6.45, 7) is 8.37. The van der Waals surface area contributed by atoms with Gasteiger partial charge in [-0.2, -0.15) is 5.10 Å². The van der Waals surface area contributed by atoms with E-state index in [-0.39, 0.29) is 17.7 Å². The largest absolute Gasteiger partial charge is 0.496 e. The van der Waals surface area contributed by atoms with Crippen molar-refractivity contribution in [3.05, 3.63) is 42.0 Å². The van der Waals surface area contributed by atoms with E-state index in [0.29, 0.717) is 30.1 Å². The van der Waals surface area contributed by atoms with Crippen molar-refractivity contribution in [3.63, 3.8) is 0 Å². The summed E-state index contributed by atoms with van der Waals surface area (Å²) in [7, 11) is -1.91. The Bertz CT molecular complexity index is 1190. The van der Waals surface area contributed by atoms with Crippen LogP contribution >= 0.6 is 0 Å². The van der Waals surface area contributed by atoms with Gasteiger partial charge in [0.05, 0.1) is 13.4 Å². The highest BCUT2D eigenvalue weighted by Gasteiger charge is 2.44. The SMILES string of the molecule is COc1ccc(N2CCC(=O)NC2=O)cc1C1=CC=CC(C(C)=NNS(C)(=O)=O)(C(C)(C)C)C1. The average Bonchev–Trinajstić information content (AvgIpc) is 2.76. The number of hydrogen-bond donors (Lipinski definition) is 2. The Kier molecular flexibility index (Phi) is 6.93. The van der Waals surface area contributed by atoms with Crippen LogP contribution < -0.4 is 19.8 Å². The molecule has 10 heteroatoms. The van der Waals surface area contributed by atoms with E-state index in [1.165, 1.54) is 4.90 Å². The molecule has 184 valence electrons. The maximum Gasteiger partial charge on any atom is 0.328 e. The number of urea groups is 1. The molecule has 1 fully saturated rings. The second-order valence-electron chi connectivity index (χ2n) is 9.65. The monoisotopic (exact) mass is 488 g/mol. The summed E-state index contributed by atoms with van der Waals surface area (Å²) in [5.74, 6) is 0.355. The lowest BCUT2D eigenvalue weighted by molar-refractivity contribution is -0.120. The molecule has 0 bridgehead atoms. The predicted molar refractivity (Wildman–Crippen MR) is 133 cm³/mol. The maximum atomic E-state index is 12.4. The van der Waals surface area contributed by atoms with Gasteiger partial charge < -0.3 is 4.74 Å². The fourth-order valence-corrected chi connectivity index (χ4v) is 4.72. The number of benzene rings is 1. The molecule has 1 heterocycles. The van der Waals surface area contributed by atoms with Crippen molar-refractivity contribution in [1.29, 1.82) is 0 Å². The number of methoxy groups -OCH3 is 1. The number of hydrazone groups is 1. The fourth-order valence-electron chi connectivity index (χ4n) is 4.41. The van der Waals surface area contributed by atoms with Crippen LogP contribution in [0, 0.1) is 10.8 Å². The number of allylic oxidation sites excluding steroid dienone is 4. The first-order valence-corrected chi connectivity index (χ1v) is 12.9. The van der Waals surface area contributed by atoms with Crippen molar-refractivity contribution in [2.75, 3.05) is 24.8 Å². The second-order valence-corrected chi connectivity index (χ2v) is 11.4. The average molecular weight is 489 g/mol. The molecule has 0 radical (unpaired) electrons. The van der Waals surface area contributed by atoms with E-state index >= 15 is 0 Å². The minimum atomic E-state index is -3.50. The summed E-state index contributed by atoms with van der Waals surface area (Å²) in [6.07, 6.45) is 7.83. The highest BCUT2D eigenvalue weighted by Crippen LogP contribution is 2.51. The van der Waals surface area contributed by atoms with Gasteiger partial charge in [0.25, 0.3) is 0 Å². The number of nitrogens with one attached hydrogen (secondary N) is 2. The number of rotatable bonds is 6. The van der Waals surface area contributed by atoms with Gasteiger partial charge in [0, 0.05) is 35.3 Å². The minimum Gasteiger partial charge on any atom is -0.496 e. The molecular formula is C24H32N4O5S. The molecule has 2 aliphatic rings. The molecule has 1 saturated heterocycles. The summed E-state index contributed by atoms with van der Waals surface area (Å²) in [5, 5.41) is 6.56. The van der Waals surface area contributed by atoms with E-state index in [2.05, 4.69) is 42.1 Å². The smallest absolute Gasteiger partial charge is 0.328 e. The van der Waals surface area contributed by atoms with E-state index in [1.54, 1.807) is 19.2 Å². The topological polar surface area (TPSA) is 117 Å². The first-order chi connectivity index (χ1) is 15.8. The molecule has 1 aromatic carbocycles. The van der Waals surface area contributed by atoms with Crippen molar-refractivity contribution < 1.29 is 22.7 Å². The molecule has 3 amide bonds. The molecule has 1 atom stereocenters. The van der Waals surface area contributed by atoms with E-state index in [9.17, 15) is 18.0 Å². The summed E-state index contributed by atoms with van der Waals surface area (Å²) in [5.41, 5.74) is 2.18. The fraction of sp³-hybridized carbons (Fsp3) is 0.458. The lowest BCUT2D eigenvalue weighted by atomic mass is 9.59. The minimum absolute atomic E-state index is 0.231. The van der Waals surface area contributed by atoms with Gasteiger partial charge in [-0.3, -0.25) is 15.0 Å². The van der Waals surface area contributed by atoms with Gasteiger partial charge in [0.2, 0.25) is 15.9 Å². The summed E-state index contributed by atoms with van der Waals surface area (Å²) in [4.78, 5) is 27.7. The highest BCUT2D eigenvalue weighted by molar-refractivity contribution is 7.88. The molecular weight excluding hydrogens is 456 g/mol. The van der Waals surface area contributed by atoms with Gasteiger partial charge in [-0.1, -0.05) is 39.0 Å².